The zero-order valence-electron chi connectivity index (χ0n) is 22.4. The number of fused-ring (bicyclic) bond motifs is 1. The summed E-state index contributed by atoms with van der Waals surface area (Å²) in [5.41, 5.74) is 7.73. The Morgan fingerprint density at radius 1 is 1.03 bits per heavy atom. The van der Waals surface area contributed by atoms with Crippen molar-refractivity contribution in [2.75, 3.05) is 32.4 Å². The average Bonchev–Trinajstić information content (AvgIpc) is 3.24. The van der Waals surface area contributed by atoms with Crippen LogP contribution in [0.15, 0.2) is 60.9 Å². The number of ether oxygens (including phenoxy) is 2. The van der Waals surface area contributed by atoms with E-state index in [4.69, 9.17) is 20.3 Å². The van der Waals surface area contributed by atoms with Crippen molar-refractivity contribution in [1.29, 1.82) is 0 Å². The molecule has 11 heteroatoms. The van der Waals surface area contributed by atoms with Crippen LogP contribution in [0.4, 0.5) is 10.6 Å². The van der Waals surface area contributed by atoms with Crippen LogP contribution in [0.5, 0.6) is 11.5 Å². The van der Waals surface area contributed by atoms with Crippen molar-refractivity contribution in [3.8, 4) is 22.8 Å². The Hall–Kier alpha value is -4.67. The molecule has 1 saturated heterocycles. The second kappa shape index (κ2) is 10.2. The molecular weight excluding hydrogens is 498 g/mol. The van der Waals surface area contributed by atoms with Crippen LogP contribution in [0.25, 0.3) is 22.3 Å². The standard InChI is InChI=1S/C28H31N7O4/c1-28(2,3)39-27(37)33(4)16-22(36)34-14-19(15-34)35-26-23(25(29)30-17-31-26)24(32-35)18-10-12-21(13-11-18)38-20-8-6-5-7-9-20/h5-13,17,19H,14-16H2,1-4H3,(H2,29,30,31). The number of hydrogen-bond donors (Lipinski definition) is 1. The molecule has 0 spiro atoms. The Morgan fingerprint density at radius 2 is 1.69 bits per heavy atom. The van der Waals surface area contributed by atoms with Crippen LogP contribution >= 0.6 is 0 Å². The van der Waals surface area contributed by atoms with E-state index < -0.39 is 11.7 Å². The van der Waals surface area contributed by atoms with E-state index in [1.165, 1.54) is 11.2 Å². The molecule has 0 unspecified atom stereocenters. The molecule has 202 valence electrons. The Bertz CT molecular complexity index is 1490. The molecule has 2 N–H and O–H groups in total. The first-order valence-corrected chi connectivity index (χ1v) is 12.6. The largest absolute Gasteiger partial charge is 0.457 e. The maximum absolute atomic E-state index is 12.8. The van der Waals surface area contributed by atoms with Gasteiger partial charge in [-0.15, -0.1) is 0 Å². The summed E-state index contributed by atoms with van der Waals surface area (Å²) in [5, 5.41) is 5.51. The number of anilines is 1. The first-order valence-electron chi connectivity index (χ1n) is 12.6. The van der Waals surface area contributed by atoms with Gasteiger partial charge < -0.3 is 25.0 Å². The van der Waals surface area contributed by atoms with Crippen molar-refractivity contribution >= 4 is 28.9 Å². The van der Waals surface area contributed by atoms with Gasteiger partial charge in [0.1, 0.15) is 41.5 Å². The first kappa shape index (κ1) is 26.0. The molecule has 0 saturated carbocycles. The van der Waals surface area contributed by atoms with Gasteiger partial charge in [-0.1, -0.05) is 18.2 Å². The number of nitrogen functional groups attached to an aromatic ring is 1. The van der Waals surface area contributed by atoms with Crippen LogP contribution in [-0.2, 0) is 9.53 Å². The molecule has 0 bridgehead atoms. The molecule has 3 heterocycles. The van der Waals surface area contributed by atoms with Crippen LogP contribution < -0.4 is 10.5 Å². The minimum Gasteiger partial charge on any atom is -0.457 e. The van der Waals surface area contributed by atoms with E-state index >= 15 is 0 Å². The summed E-state index contributed by atoms with van der Waals surface area (Å²) in [6.45, 7) is 6.15. The predicted molar refractivity (Wildman–Crippen MR) is 146 cm³/mol. The normalized spacial score (nSPS) is 13.7. The lowest BCUT2D eigenvalue weighted by Gasteiger charge is -2.40. The van der Waals surface area contributed by atoms with Crippen molar-refractivity contribution < 1.29 is 19.1 Å². The number of likely N-dealkylation sites (tertiary alicyclic amines) is 1. The SMILES string of the molecule is CN(CC(=O)N1CC(n2nc(-c3ccc(Oc4ccccc4)cc3)c3c(N)ncnc32)C1)C(=O)OC(C)(C)C. The third-order valence-corrected chi connectivity index (χ3v) is 6.26. The van der Waals surface area contributed by atoms with Crippen molar-refractivity contribution in [1.82, 2.24) is 29.5 Å². The Balaban J connectivity index is 1.31. The monoisotopic (exact) mass is 529 g/mol. The molecule has 5 rings (SSSR count). The number of para-hydroxylation sites is 1. The topological polar surface area (TPSA) is 129 Å². The van der Waals surface area contributed by atoms with E-state index in [0.717, 1.165) is 11.3 Å². The molecule has 4 aromatic rings. The second-order valence-corrected chi connectivity index (χ2v) is 10.5. The fourth-order valence-electron chi connectivity index (χ4n) is 4.28. The number of likely N-dealkylation sites (N-methyl/N-ethyl adjacent to an activating group) is 1. The van der Waals surface area contributed by atoms with Gasteiger partial charge in [0.25, 0.3) is 0 Å². The van der Waals surface area contributed by atoms with Crippen LogP contribution in [0.1, 0.15) is 26.8 Å². The molecule has 0 aliphatic carbocycles. The number of amides is 2. The summed E-state index contributed by atoms with van der Waals surface area (Å²) in [6, 6.07) is 17.0. The van der Waals surface area contributed by atoms with E-state index in [1.54, 1.807) is 37.4 Å². The summed E-state index contributed by atoms with van der Waals surface area (Å²) in [7, 11) is 1.55. The highest BCUT2D eigenvalue weighted by atomic mass is 16.6. The smallest absolute Gasteiger partial charge is 0.410 e. The van der Waals surface area contributed by atoms with Gasteiger partial charge in [0.2, 0.25) is 5.91 Å². The van der Waals surface area contributed by atoms with Gasteiger partial charge in [0.05, 0.1) is 11.4 Å². The number of rotatable bonds is 6. The molecular formula is C28H31N7O4. The number of aromatic nitrogens is 4. The number of carbonyl (C=O) groups excluding carboxylic acids is 2. The van der Waals surface area contributed by atoms with E-state index in [2.05, 4.69) is 9.97 Å². The average molecular weight is 530 g/mol. The molecule has 0 radical (unpaired) electrons. The number of nitrogens with zero attached hydrogens (tertiary/aromatic N) is 6. The number of carbonyl (C=O) groups is 2. The Labute approximate surface area is 226 Å². The molecule has 1 aliphatic rings. The molecule has 1 aliphatic heterocycles. The number of hydrogen-bond acceptors (Lipinski definition) is 8. The van der Waals surface area contributed by atoms with Gasteiger partial charge in [-0.05, 0) is 57.2 Å². The number of benzene rings is 2. The maximum atomic E-state index is 12.8. The lowest BCUT2D eigenvalue weighted by atomic mass is 10.1. The minimum absolute atomic E-state index is 0.0702. The van der Waals surface area contributed by atoms with E-state index in [9.17, 15) is 9.59 Å². The molecule has 2 aromatic heterocycles. The summed E-state index contributed by atoms with van der Waals surface area (Å²) in [4.78, 5) is 36.6. The van der Waals surface area contributed by atoms with Crippen LogP contribution in [0, 0.1) is 0 Å². The lowest BCUT2D eigenvalue weighted by Crippen LogP contribution is -2.54. The molecule has 39 heavy (non-hydrogen) atoms. The molecule has 0 atom stereocenters. The molecule has 2 aromatic carbocycles. The van der Waals surface area contributed by atoms with Crippen molar-refractivity contribution in [2.45, 2.75) is 32.4 Å². The summed E-state index contributed by atoms with van der Waals surface area (Å²) < 4.78 is 13.0. The van der Waals surface area contributed by atoms with Crippen LogP contribution in [-0.4, -0.2) is 73.8 Å². The zero-order chi connectivity index (χ0) is 27.7. The van der Waals surface area contributed by atoms with Gasteiger partial charge in [-0.3, -0.25) is 4.79 Å². The Kier molecular flexibility index (Phi) is 6.81. The lowest BCUT2D eigenvalue weighted by molar-refractivity contribution is -0.138. The van der Waals surface area contributed by atoms with Crippen molar-refractivity contribution in [3.63, 3.8) is 0 Å². The quantitative estimate of drug-likeness (QED) is 0.395. The predicted octanol–water partition coefficient (Wildman–Crippen LogP) is 4.12. The van der Waals surface area contributed by atoms with E-state index in [0.29, 0.717) is 41.4 Å². The summed E-state index contributed by atoms with van der Waals surface area (Å²) >= 11 is 0. The van der Waals surface area contributed by atoms with Gasteiger partial charge in [-0.2, -0.15) is 5.10 Å². The Morgan fingerprint density at radius 3 is 2.36 bits per heavy atom. The van der Waals surface area contributed by atoms with Crippen LogP contribution in [0.3, 0.4) is 0 Å². The van der Waals surface area contributed by atoms with Gasteiger partial charge >= 0.3 is 6.09 Å². The van der Waals surface area contributed by atoms with Gasteiger partial charge in [-0.25, -0.2) is 19.4 Å². The number of nitrogens with two attached hydrogens (primary N) is 1. The van der Waals surface area contributed by atoms with Crippen molar-refractivity contribution in [3.05, 3.63) is 60.9 Å². The third kappa shape index (κ3) is 5.62. The summed E-state index contributed by atoms with van der Waals surface area (Å²) in [6.07, 6.45) is 0.872. The van der Waals surface area contributed by atoms with Crippen LogP contribution in [0.2, 0.25) is 0 Å². The highest BCUT2D eigenvalue weighted by Crippen LogP contribution is 2.35. The summed E-state index contributed by atoms with van der Waals surface area (Å²) in [5.74, 6) is 1.61. The van der Waals surface area contributed by atoms with Gasteiger partial charge in [0, 0.05) is 25.7 Å². The van der Waals surface area contributed by atoms with E-state index in [-0.39, 0.29) is 18.5 Å². The minimum atomic E-state index is -0.631. The highest BCUT2D eigenvalue weighted by Gasteiger charge is 2.35. The third-order valence-electron chi connectivity index (χ3n) is 6.26. The van der Waals surface area contributed by atoms with Gasteiger partial charge in [0.15, 0.2) is 5.65 Å². The molecule has 2 amide bonds. The molecule has 1 fully saturated rings. The fraction of sp³-hybridized carbons (Fsp3) is 0.321. The highest BCUT2D eigenvalue weighted by molar-refractivity contribution is 5.98. The fourth-order valence-corrected chi connectivity index (χ4v) is 4.28. The van der Waals surface area contributed by atoms with E-state index in [1.807, 2.05) is 54.6 Å². The zero-order valence-corrected chi connectivity index (χ0v) is 22.4. The second-order valence-electron chi connectivity index (χ2n) is 10.5. The first-order chi connectivity index (χ1) is 18.6. The maximum Gasteiger partial charge on any atom is 0.410 e. The van der Waals surface area contributed by atoms with Crippen molar-refractivity contribution in [2.24, 2.45) is 0 Å². The molecule has 11 nitrogen and oxygen atoms in total.